The largest absolute Gasteiger partial charge is 0.357 e. The normalized spacial score (nSPS) is 11.1. The minimum absolute atomic E-state index is 0.0865. The molecule has 23 heavy (non-hydrogen) atoms. The number of nitrogens with zero attached hydrogens (tertiary/aromatic N) is 1. The molecule has 1 heterocycles. The average Bonchev–Trinajstić information content (AvgIpc) is 3.07. The second-order valence-corrected chi connectivity index (χ2v) is 5.90. The van der Waals surface area contributed by atoms with Gasteiger partial charge in [0.05, 0.1) is 0 Å². The molecule has 2 aromatic rings. The summed E-state index contributed by atoms with van der Waals surface area (Å²) in [5.41, 5.74) is 0.781. The Balaban J connectivity index is 1.79. The Hall–Kier alpha value is -2.34. The lowest BCUT2D eigenvalue weighted by Gasteiger charge is -2.11. The number of carbonyl (C=O) groups is 1. The van der Waals surface area contributed by atoms with Crippen molar-refractivity contribution in [1.82, 2.24) is 10.6 Å². The first kappa shape index (κ1) is 17.0. The number of carbonyl (C=O) groups excluding carboxylic acids is 1. The summed E-state index contributed by atoms with van der Waals surface area (Å²) in [5.74, 6) is 0.527. The molecule has 0 spiro atoms. The molecule has 1 aromatic carbocycles. The number of hydrogen-bond acceptors (Lipinski definition) is 3. The van der Waals surface area contributed by atoms with E-state index in [2.05, 4.69) is 32.4 Å². The molecule has 6 heteroatoms. The molecule has 1 amide bonds. The maximum absolute atomic E-state index is 11.9. The number of nitrogens with one attached hydrogen (secondary N) is 3. The van der Waals surface area contributed by atoms with Crippen LogP contribution in [0.4, 0.5) is 5.69 Å². The third-order valence-electron chi connectivity index (χ3n) is 3.03. The fraction of sp³-hybridized carbons (Fsp3) is 0.294. The van der Waals surface area contributed by atoms with Crippen LogP contribution >= 0.6 is 11.3 Å². The van der Waals surface area contributed by atoms with Gasteiger partial charge in [0.25, 0.3) is 0 Å². The van der Waals surface area contributed by atoms with E-state index in [0.29, 0.717) is 5.96 Å². The van der Waals surface area contributed by atoms with Crippen LogP contribution in [0.3, 0.4) is 0 Å². The van der Waals surface area contributed by atoms with Gasteiger partial charge in [-0.2, -0.15) is 0 Å². The number of rotatable bonds is 7. The van der Waals surface area contributed by atoms with E-state index in [-0.39, 0.29) is 12.5 Å². The number of hydrogen-bond donors (Lipinski definition) is 3. The van der Waals surface area contributed by atoms with Gasteiger partial charge in [-0.15, -0.1) is 11.3 Å². The summed E-state index contributed by atoms with van der Waals surface area (Å²) in [6, 6.07) is 13.5. The van der Waals surface area contributed by atoms with Crippen LogP contribution in [-0.2, 0) is 11.2 Å². The molecule has 0 bridgehead atoms. The van der Waals surface area contributed by atoms with Crippen LogP contribution in [-0.4, -0.2) is 31.5 Å². The molecule has 0 saturated carbocycles. The van der Waals surface area contributed by atoms with Crippen LogP contribution in [0.15, 0.2) is 52.8 Å². The Morgan fingerprint density at radius 3 is 2.65 bits per heavy atom. The van der Waals surface area contributed by atoms with Crippen LogP contribution < -0.4 is 16.0 Å². The molecule has 0 aliphatic rings. The van der Waals surface area contributed by atoms with Gasteiger partial charge >= 0.3 is 0 Å². The number of guanidine groups is 1. The van der Waals surface area contributed by atoms with Crippen LogP contribution in [0, 0.1) is 0 Å². The molecule has 0 radical (unpaired) electrons. The Morgan fingerprint density at radius 1 is 1.13 bits per heavy atom. The summed E-state index contributed by atoms with van der Waals surface area (Å²) >= 11 is 1.74. The molecule has 0 aliphatic carbocycles. The maximum Gasteiger partial charge on any atom is 0.246 e. The van der Waals surface area contributed by atoms with Crippen molar-refractivity contribution in [2.75, 3.05) is 25.0 Å². The fourth-order valence-corrected chi connectivity index (χ4v) is 2.68. The van der Waals surface area contributed by atoms with Crippen LogP contribution in [0.25, 0.3) is 0 Å². The zero-order valence-corrected chi connectivity index (χ0v) is 14.0. The molecule has 2 rings (SSSR count). The second-order valence-electron chi connectivity index (χ2n) is 4.87. The zero-order chi connectivity index (χ0) is 16.3. The topological polar surface area (TPSA) is 65.5 Å². The summed E-state index contributed by atoms with van der Waals surface area (Å²) < 4.78 is 0. The number of para-hydroxylation sites is 1. The minimum atomic E-state index is -0.133. The Bertz CT molecular complexity index is 611. The molecule has 122 valence electrons. The van der Waals surface area contributed by atoms with E-state index in [4.69, 9.17) is 0 Å². The number of benzene rings is 1. The predicted molar refractivity (Wildman–Crippen MR) is 97.1 cm³/mol. The number of aliphatic imine (C=N–C) groups is 1. The Labute approximate surface area is 140 Å². The highest BCUT2D eigenvalue weighted by molar-refractivity contribution is 7.09. The van der Waals surface area contributed by atoms with Gasteiger partial charge in [-0.1, -0.05) is 24.3 Å². The molecule has 5 nitrogen and oxygen atoms in total. The monoisotopic (exact) mass is 330 g/mol. The highest BCUT2D eigenvalue weighted by Crippen LogP contribution is 2.08. The van der Waals surface area contributed by atoms with Crippen molar-refractivity contribution in [3.63, 3.8) is 0 Å². The summed E-state index contributed by atoms with van der Waals surface area (Å²) in [7, 11) is 0. The van der Waals surface area contributed by atoms with E-state index in [1.807, 2.05) is 43.3 Å². The van der Waals surface area contributed by atoms with Gasteiger partial charge in [0.15, 0.2) is 5.96 Å². The minimum Gasteiger partial charge on any atom is -0.357 e. The lowest BCUT2D eigenvalue weighted by atomic mass is 10.3. The van der Waals surface area contributed by atoms with Gasteiger partial charge in [0.2, 0.25) is 5.91 Å². The van der Waals surface area contributed by atoms with Crippen molar-refractivity contribution in [2.45, 2.75) is 13.3 Å². The molecule has 0 unspecified atom stereocenters. The Morgan fingerprint density at radius 2 is 1.96 bits per heavy atom. The van der Waals surface area contributed by atoms with E-state index in [0.717, 1.165) is 25.2 Å². The summed E-state index contributed by atoms with van der Waals surface area (Å²) in [6.07, 6.45) is 0.943. The van der Waals surface area contributed by atoms with Crippen molar-refractivity contribution >= 4 is 28.9 Å². The molecule has 0 aliphatic heterocycles. The van der Waals surface area contributed by atoms with E-state index < -0.39 is 0 Å². The van der Waals surface area contributed by atoms with Gasteiger partial charge in [-0.05, 0) is 36.9 Å². The fourth-order valence-electron chi connectivity index (χ4n) is 1.97. The molecular weight excluding hydrogens is 308 g/mol. The highest BCUT2D eigenvalue weighted by Gasteiger charge is 2.03. The van der Waals surface area contributed by atoms with Crippen molar-refractivity contribution < 1.29 is 4.79 Å². The van der Waals surface area contributed by atoms with Crippen LogP contribution in [0.5, 0.6) is 0 Å². The molecule has 1 aromatic heterocycles. The lowest BCUT2D eigenvalue weighted by molar-refractivity contribution is -0.114. The zero-order valence-electron chi connectivity index (χ0n) is 13.2. The van der Waals surface area contributed by atoms with E-state index in [1.54, 1.807) is 11.3 Å². The number of amides is 1. The first-order chi connectivity index (χ1) is 11.3. The lowest BCUT2D eigenvalue weighted by Crippen LogP contribution is -2.39. The third kappa shape index (κ3) is 6.52. The third-order valence-corrected chi connectivity index (χ3v) is 3.96. The average molecular weight is 330 g/mol. The van der Waals surface area contributed by atoms with Crippen molar-refractivity contribution in [2.24, 2.45) is 4.99 Å². The smallest absolute Gasteiger partial charge is 0.246 e. The van der Waals surface area contributed by atoms with E-state index in [1.165, 1.54) is 4.88 Å². The van der Waals surface area contributed by atoms with E-state index >= 15 is 0 Å². The predicted octanol–water partition coefficient (Wildman–Crippen LogP) is 2.48. The van der Waals surface area contributed by atoms with Crippen LogP contribution in [0.2, 0.25) is 0 Å². The van der Waals surface area contributed by atoms with Crippen molar-refractivity contribution in [3.8, 4) is 0 Å². The molecule has 0 fully saturated rings. The standard InChI is InChI=1S/C17H22N4OS/c1-2-18-17(19-11-10-15-9-6-12-23-15)20-13-16(22)21-14-7-4-3-5-8-14/h3-9,12H,2,10-11,13H2,1H3,(H,21,22)(H2,18,19,20). The summed E-state index contributed by atoms with van der Waals surface area (Å²) in [4.78, 5) is 17.6. The van der Waals surface area contributed by atoms with Crippen molar-refractivity contribution in [1.29, 1.82) is 0 Å². The molecule has 0 saturated heterocycles. The Kier molecular flexibility index (Phi) is 7.13. The first-order valence-electron chi connectivity index (χ1n) is 7.67. The first-order valence-corrected chi connectivity index (χ1v) is 8.55. The van der Waals surface area contributed by atoms with Gasteiger partial charge in [-0.25, -0.2) is 4.99 Å². The quantitative estimate of drug-likeness (QED) is 0.540. The number of anilines is 1. The molecular formula is C17H22N4OS. The maximum atomic E-state index is 11.9. The molecule has 0 atom stereocenters. The van der Waals surface area contributed by atoms with Gasteiger partial charge in [0, 0.05) is 23.7 Å². The second kappa shape index (κ2) is 9.63. The summed E-state index contributed by atoms with van der Waals surface area (Å²) in [5, 5.41) is 11.3. The van der Waals surface area contributed by atoms with Gasteiger partial charge in [-0.3, -0.25) is 4.79 Å². The van der Waals surface area contributed by atoms with Gasteiger partial charge in [0.1, 0.15) is 6.54 Å². The van der Waals surface area contributed by atoms with Crippen molar-refractivity contribution in [3.05, 3.63) is 52.7 Å². The molecule has 3 N–H and O–H groups in total. The SMILES string of the molecule is CCNC(=NCC(=O)Nc1ccccc1)NCCc1cccs1. The van der Waals surface area contributed by atoms with Crippen LogP contribution in [0.1, 0.15) is 11.8 Å². The summed E-state index contributed by atoms with van der Waals surface area (Å²) in [6.45, 7) is 3.63. The highest BCUT2D eigenvalue weighted by atomic mass is 32.1. The van der Waals surface area contributed by atoms with Gasteiger partial charge < -0.3 is 16.0 Å². The van der Waals surface area contributed by atoms with E-state index in [9.17, 15) is 4.79 Å². The number of thiophene rings is 1.